The molecule has 2 aromatic carbocycles. The number of nitrogens with zero attached hydrogens (tertiary/aromatic N) is 3. The van der Waals surface area contributed by atoms with Gasteiger partial charge >= 0.3 is 12.1 Å². The van der Waals surface area contributed by atoms with Crippen molar-refractivity contribution in [1.82, 2.24) is 14.8 Å². The number of aryl methyl sites for hydroxylation is 2. The Labute approximate surface area is 237 Å². The largest absolute Gasteiger partial charge is 0.468 e. The number of benzene rings is 2. The molecule has 2 fully saturated rings. The normalized spacial score (nSPS) is 17.1. The first-order chi connectivity index (χ1) is 19.7. The molecule has 0 atom stereocenters. The molecule has 0 radical (unpaired) electrons. The smallest absolute Gasteiger partial charge is 0.419 e. The molecule has 0 amide bonds. The first-order valence-electron chi connectivity index (χ1n) is 13.9. The Bertz CT molecular complexity index is 1390. The molecule has 1 N–H and O–H groups in total. The third-order valence-corrected chi connectivity index (χ3v) is 8.22. The highest BCUT2D eigenvalue weighted by molar-refractivity contribution is 6.64. The van der Waals surface area contributed by atoms with Gasteiger partial charge in [0.2, 0.25) is 5.95 Å². The number of hydrogen-bond donors (Lipinski definition) is 1. The summed E-state index contributed by atoms with van der Waals surface area (Å²) >= 11 is 0. The molecule has 1 saturated carbocycles. The van der Waals surface area contributed by atoms with Crippen LogP contribution in [0.2, 0.25) is 0 Å². The molecule has 1 aliphatic carbocycles. The summed E-state index contributed by atoms with van der Waals surface area (Å²) in [5.74, 6) is 0.172. The van der Waals surface area contributed by atoms with Crippen LogP contribution in [0.5, 0.6) is 0 Å². The Hall–Kier alpha value is -3.73. The fourth-order valence-corrected chi connectivity index (χ4v) is 5.79. The van der Waals surface area contributed by atoms with Gasteiger partial charge in [-0.05, 0) is 86.4 Å². The van der Waals surface area contributed by atoms with Crippen molar-refractivity contribution in [2.24, 2.45) is 0 Å². The van der Waals surface area contributed by atoms with E-state index in [9.17, 15) is 22.8 Å². The van der Waals surface area contributed by atoms with Crippen molar-refractivity contribution in [2.45, 2.75) is 56.0 Å². The van der Waals surface area contributed by atoms with Gasteiger partial charge in [0.1, 0.15) is 0 Å². The van der Waals surface area contributed by atoms with E-state index >= 15 is 0 Å². The predicted octanol–water partition coefficient (Wildman–Crippen LogP) is 4.95. The highest BCUT2D eigenvalue weighted by Crippen LogP contribution is 2.50. The molecule has 1 aliphatic heterocycles. The predicted molar refractivity (Wildman–Crippen MR) is 151 cm³/mol. The van der Waals surface area contributed by atoms with Crippen molar-refractivity contribution in [3.8, 4) is 0 Å². The number of anilines is 2. The van der Waals surface area contributed by atoms with Crippen molar-refractivity contribution >= 4 is 31.2 Å². The molecule has 1 saturated heterocycles. The van der Waals surface area contributed by atoms with Crippen molar-refractivity contribution in [2.75, 3.05) is 25.5 Å². The maximum Gasteiger partial charge on any atom is 0.419 e. The Morgan fingerprint density at radius 2 is 1.83 bits per heavy atom. The van der Waals surface area contributed by atoms with Crippen LogP contribution in [0.15, 0.2) is 54.7 Å². The first-order valence-corrected chi connectivity index (χ1v) is 13.9. The summed E-state index contributed by atoms with van der Waals surface area (Å²) in [6.07, 6.45) is 0.731. The molecule has 11 heteroatoms. The monoisotopic (exact) mass is 564 g/mol. The molecule has 2 heterocycles. The van der Waals surface area contributed by atoms with Gasteiger partial charge in [-0.15, -0.1) is 0 Å². The lowest BCUT2D eigenvalue weighted by molar-refractivity contribution is -0.143. The summed E-state index contributed by atoms with van der Waals surface area (Å²) in [4.78, 5) is 33.6. The molecule has 3 aromatic rings. The van der Waals surface area contributed by atoms with Crippen LogP contribution in [0, 0.1) is 0 Å². The van der Waals surface area contributed by atoms with Crippen LogP contribution in [-0.4, -0.2) is 54.5 Å². The molecule has 7 nitrogen and oxygen atoms in total. The summed E-state index contributed by atoms with van der Waals surface area (Å²) in [5.41, 5.74) is 1.80. The van der Waals surface area contributed by atoms with E-state index in [1.54, 1.807) is 0 Å². The standard InChI is InChI=1S/C30H32BF3N4O3/c1-41-27(40)29(14-15-29)24-5-3-2-4-22(24)8-11-26-25(30(32,33)34)18-35-28(37-26)36-23-9-6-20(7-10-23)21-12-16-38(17-13-21)31-19-39/h2-7,9-10,18-19,21,31H,8,11-17H2,1H3,(H,35,36,37). The number of carbonyl (C=O) groups is 2. The molecule has 0 spiro atoms. The Morgan fingerprint density at radius 1 is 1.12 bits per heavy atom. The molecule has 5 rings (SSSR count). The second-order valence-electron chi connectivity index (χ2n) is 10.8. The fraction of sp³-hybridized carbons (Fsp3) is 0.400. The Balaban J connectivity index is 1.31. The SMILES string of the molecule is COC(=O)C1(c2ccccc2CCc2nc(Nc3ccc(C4CCN(BC=O)CC4)cc3)ncc2C(F)(F)F)CC1. The van der Waals surface area contributed by atoms with Crippen LogP contribution in [0.3, 0.4) is 0 Å². The Kier molecular flexibility index (Phi) is 8.44. The highest BCUT2D eigenvalue weighted by atomic mass is 19.4. The number of alkyl halides is 3. The van der Waals surface area contributed by atoms with Crippen LogP contribution in [0.1, 0.15) is 59.5 Å². The summed E-state index contributed by atoms with van der Waals surface area (Å²) in [5, 5.41) is 3.05. The minimum Gasteiger partial charge on any atom is -0.468 e. The zero-order valence-corrected chi connectivity index (χ0v) is 22.9. The van der Waals surface area contributed by atoms with Crippen molar-refractivity contribution < 1.29 is 27.5 Å². The van der Waals surface area contributed by atoms with Crippen LogP contribution < -0.4 is 5.32 Å². The van der Waals surface area contributed by atoms with Crippen LogP contribution in [0.25, 0.3) is 0 Å². The number of aromatic nitrogens is 2. The first kappa shape index (κ1) is 28.8. The van der Waals surface area contributed by atoms with Crippen molar-refractivity contribution in [3.63, 3.8) is 0 Å². The lowest BCUT2D eigenvalue weighted by Gasteiger charge is -2.30. The van der Waals surface area contributed by atoms with Crippen molar-refractivity contribution in [3.05, 3.63) is 82.7 Å². The number of halogens is 3. The Morgan fingerprint density at radius 3 is 2.46 bits per heavy atom. The second-order valence-corrected chi connectivity index (χ2v) is 10.8. The third kappa shape index (κ3) is 6.45. The van der Waals surface area contributed by atoms with Gasteiger partial charge in [-0.1, -0.05) is 36.4 Å². The van der Waals surface area contributed by atoms with E-state index in [-0.39, 0.29) is 30.5 Å². The topological polar surface area (TPSA) is 84.4 Å². The molecular weight excluding hydrogens is 532 g/mol. The molecular formula is C30H32BF3N4O3. The van der Waals surface area contributed by atoms with Crippen molar-refractivity contribution in [1.29, 1.82) is 0 Å². The van der Waals surface area contributed by atoms with E-state index < -0.39 is 17.2 Å². The van der Waals surface area contributed by atoms with Crippen LogP contribution in [-0.2, 0) is 38.8 Å². The number of hydrogen-bond acceptors (Lipinski definition) is 7. The summed E-state index contributed by atoms with van der Waals surface area (Å²) in [6, 6.07) is 15.1. The van der Waals surface area contributed by atoms with E-state index in [2.05, 4.69) is 20.1 Å². The van der Waals surface area contributed by atoms with Gasteiger partial charge in [0, 0.05) is 11.9 Å². The van der Waals surface area contributed by atoms with E-state index in [0.29, 0.717) is 31.9 Å². The van der Waals surface area contributed by atoms with Crippen LogP contribution in [0.4, 0.5) is 24.8 Å². The minimum absolute atomic E-state index is 0.0298. The van der Waals surface area contributed by atoms with Gasteiger partial charge in [-0.25, -0.2) is 9.97 Å². The number of piperidine rings is 1. The maximum absolute atomic E-state index is 13.9. The second kappa shape index (κ2) is 12.0. The molecule has 1 aromatic heterocycles. The van der Waals surface area contributed by atoms with Gasteiger partial charge in [-0.3, -0.25) is 4.79 Å². The molecule has 0 bridgehead atoms. The fourth-order valence-electron chi connectivity index (χ4n) is 5.79. The zero-order chi connectivity index (χ0) is 29.0. The number of esters is 1. The lowest BCUT2D eigenvalue weighted by atomic mass is 9.84. The lowest BCUT2D eigenvalue weighted by Crippen LogP contribution is -2.36. The van der Waals surface area contributed by atoms with E-state index in [4.69, 9.17) is 4.74 Å². The average Bonchev–Trinajstić information content (AvgIpc) is 3.78. The minimum atomic E-state index is -4.60. The zero-order valence-electron chi connectivity index (χ0n) is 22.9. The quantitative estimate of drug-likeness (QED) is 0.212. The highest BCUT2D eigenvalue weighted by Gasteiger charge is 2.53. The molecule has 0 unspecified atom stereocenters. The third-order valence-electron chi connectivity index (χ3n) is 8.22. The van der Waals surface area contributed by atoms with E-state index in [0.717, 1.165) is 49.4 Å². The number of rotatable bonds is 10. The van der Waals surface area contributed by atoms with Gasteiger partial charge < -0.3 is 19.7 Å². The number of methoxy groups -OCH3 is 1. The van der Waals surface area contributed by atoms with Gasteiger partial charge in [0.05, 0.1) is 30.0 Å². The summed E-state index contributed by atoms with van der Waals surface area (Å²) < 4.78 is 46.6. The molecule has 214 valence electrons. The van der Waals surface area contributed by atoms with Crippen LogP contribution >= 0.6 is 0 Å². The molecule has 2 aliphatic rings. The number of nitrogens with one attached hydrogen (secondary N) is 1. The van der Waals surface area contributed by atoms with Gasteiger partial charge in [0.15, 0.2) is 0 Å². The number of ether oxygens (including phenoxy) is 1. The summed E-state index contributed by atoms with van der Waals surface area (Å²) in [6.45, 7) is 1.75. The molecule has 41 heavy (non-hydrogen) atoms. The van der Waals surface area contributed by atoms with Gasteiger partial charge in [0.25, 0.3) is 7.41 Å². The van der Waals surface area contributed by atoms with E-state index in [1.165, 1.54) is 12.7 Å². The maximum atomic E-state index is 13.9. The number of carbonyl (C=O) groups excluding carboxylic acids is 2. The summed E-state index contributed by atoms with van der Waals surface area (Å²) in [7, 11) is 1.81. The average molecular weight is 564 g/mol. The van der Waals surface area contributed by atoms with E-state index in [1.807, 2.05) is 48.5 Å². The van der Waals surface area contributed by atoms with Gasteiger partial charge in [-0.2, -0.15) is 13.2 Å².